The number of halogens is 1. The molecular formula is C17H21FN4O. The van der Waals surface area contributed by atoms with Gasteiger partial charge < -0.3 is 9.30 Å². The van der Waals surface area contributed by atoms with Crippen molar-refractivity contribution >= 4 is 6.08 Å². The van der Waals surface area contributed by atoms with E-state index >= 15 is 0 Å². The van der Waals surface area contributed by atoms with Crippen LogP contribution in [0.2, 0.25) is 0 Å². The number of aromatic nitrogens is 3. The summed E-state index contributed by atoms with van der Waals surface area (Å²) in [6.07, 6.45) is 5.82. The van der Waals surface area contributed by atoms with Crippen molar-refractivity contribution in [3.63, 3.8) is 0 Å². The number of morpholine rings is 1. The van der Waals surface area contributed by atoms with E-state index in [2.05, 4.69) is 28.1 Å². The first-order chi connectivity index (χ1) is 11.3. The van der Waals surface area contributed by atoms with Crippen LogP contribution in [0.3, 0.4) is 0 Å². The molecule has 1 saturated heterocycles. The van der Waals surface area contributed by atoms with Crippen molar-refractivity contribution in [1.82, 2.24) is 19.7 Å². The first-order valence-electron chi connectivity index (χ1n) is 7.90. The van der Waals surface area contributed by atoms with Gasteiger partial charge >= 0.3 is 0 Å². The summed E-state index contributed by atoms with van der Waals surface area (Å²) in [7, 11) is 0. The number of hydrogen-bond donors (Lipinski definition) is 0. The lowest BCUT2D eigenvalue weighted by atomic mass is 10.2. The van der Waals surface area contributed by atoms with Crippen LogP contribution in [0.15, 0.2) is 36.7 Å². The summed E-state index contributed by atoms with van der Waals surface area (Å²) < 4.78 is 20.7. The summed E-state index contributed by atoms with van der Waals surface area (Å²) in [5.41, 5.74) is 1.00. The van der Waals surface area contributed by atoms with E-state index in [-0.39, 0.29) is 11.9 Å². The maximum absolute atomic E-state index is 12.9. The average molecular weight is 316 g/mol. The minimum absolute atomic E-state index is 0.0366. The summed E-state index contributed by atoms with van der Waals surface area (Å²) >= 11 is 0. The lowest BCUT2D eigenvalue weighted by molar-refractivity contribution is -0.0321. The Bertz CT molecular complexity index is 653. The van der Waals surface area contributed by atoms with E-state index < -0.39 is 0 Å². The van der Waals surface area contributed by atoms with Gasteiger partial charge in [0.05, 0.1) is 6.61 Å². The maximum Gasteiger partial charge on any atom is 0.163 e. The maximum atomic E-state index is 12.9. The van der Waals surface area contributed by atoms with Gasteiger partial charge in [-0.25, -0.2) is 4.39 Å². The van der Waals surface area contributed by atoms with E-state index in [1.807, 2.05) is 10.6 Å². The summed E-state index contributed by atoms with van der Waals surface area (Å²) in [5.74, 6) is 0.679. The van der Waals surface area contributed by atoms with E-state index in [1.54, 1.807) is 18.5 Å². The molecular weight excluding hydrogens is 295 g/mol. The second-order valence-electron chi connectivity index (χ2n) is 5.55. The topological polar surface area (TPSA) is 43.2 Å². The molecule has 2 heterocycles. The Hall–Kier alpha value is -2.05. The normalized spacial score (nSPS) is 19.5. The Balaban J connectivity index is 1.57. The lowest BCUT2D eigenvalue weighted by Crippen LogP contribution is -2.39. The molecule has 0 bridgehead atoms. The van der Waals surface area contributed by atoms with Crippen LogP contribution < -0.4 is 0 Å². The molecule has 0 radical (unpaired) electrons. The molecule has 1 fully saturated rings. The Labute approximate surface area is 135 Å². The molecule has 1 unspecified atom stereocenters. The molecule has 1 aromatic carbocycles. The molecule has 3 rings (SSSR count). The molecule has 1 aromatic heterocycles. The molecule has 0 amide bonds. The second kappa shape index (κ2) is 7.48. The van der Waals surface area contributed by atoms with Crippen LogP contribution in [0.5, 0.6) is 0 Å². The van der Waals surface area contributed by atoms with Crippen molar-refractivity contribution < 1.29 is 9.13 Å². The van der Waals surface area contributed by atoms with Gasteiger partial charge in [-0.2, -0.15) is 0 Å². The minimum Gasteiger partial charge on any atom is -0.368 e. The van der Waals surface area contributed by atoms with Crippen molar-refractivity contribution in [3.05, 3.63) is 53.9 Å². The van der Waals surface area contributed by atoms with Gasteiger partial charge in [0.25, 0.3) is 0 Å². The number of aryl methyl sites for hydroxylation is 1. The third-order valence-corrected chi connectivity index (χ3v) is 3.97. The summed E-state index contributed by atoms with van der Waals surface area (Å²) in [6.45, 7) is 6.12. The Morgan fingerprint density at radius 2 is 2.17 bits per heavy atom. The quantitative estimate of drug-likeness (QED) is 0.850. The van der Waals surface area contributed by atoms with Gasteiger partial charge in [-0.3, -0.25) is 4.90 Å². The molecule has 5 nitrogen and oxygen atoms in total. The van der Waals surface area contributed by atoms with E-state index in [9.17, 15) is 4.39 Å². The SMILES string of the molecule is CCn1cnnc1C1CN(C/C=C/c2ccc(F)cc2)CCO1. The summed E-state index contributed by atoms with van der Waals surface area (Å²) in [6, 6.07) is 6.50. The molecule has 1 aliphatic rings. The van der Waals surface area contributed by atoms with E-state index in [0.29, 0.717) is 6.61 Å². The van der Waals surface area contributed by atoms with E-state index in [0.717, 1.165) is 37.6 Å². The van der Waals surface area contributed by atoms with Gasteiger partial charge in [0.15, 0.2) is 5.82 Å². The highest BCUT2D eigenvalue weighted by molar-refractivity contribution is 5.48. The molecule has 2 aromatic rings. The molecule has 0 N–H and O–H groups in total. The highest BCUT2D eigenvalue weighted by atomic mass is 19.1. The van der Waals surface area contributed by atoms with E-state index in [1.165, 1.54) is 12.1 Å². The Kier molecular flexibility index (Phi) is 5.15. The average Bonchev–Trinajstić information content (AvgIpc) is 3.06. The highest BCUT2D eigenvalue weighted by Crippen LogP contribution is 2.20. The van der Waals surface area contributed by atoms with Gasteiger partial charge in [-0.15, -0.1) is 10.2 Å². The van der Waals surface area contributed by atoms with Crippen molar-refractivity contribution in [1.29, 1.82) is 0 Å². The first kappa shape index (κ1) is 15.8. The highest BCUT2D eigenvalue weighted by Gasteiger charge is 2.25. The minimum atomic E-state index is -0.210. The number of ether oxygens (including phenoxy) is 1. The smallest absolute Gasteiger partial charge is 0.163 e. The largest absolute Gasteiger partial charge is 0.368 e. The van der Waals surface area contributed by atoms with Crippen LogP contribution in [-0.2, 0) is 11.3 Å². The fraction of sp³-hybridized carbons (Fsp3) is 0.412. The second-order valence-corrected chi connectivity index (χ2v) is 5.55. The van der Waals surface area contributed by atoms with Crippen LogP contribution in [0.25, 0.3) is 6.08 Å². The number of rotatable bonds is 5. The predicted octanol–water partition coefficient (Wildman–Crippen LogP) is 2.52. The number of hydrogen-bond acceptors (Lipinski definition) is 4. The lowest BCUT2D eigenvalue weighted by Gasteiger charge is -2.31. The van der Waals surface area contributed by atoms with Gasteiger partial charge in [0.2, 0.25) is 0 Å². The molecule has 0 aliphatic carbocycles. The van der Waals surface area contributed by atoms with Crippen LogP contribution in [0.1, 0.15) is 24.4 Å². The Morgan fingerprint density at radius 1 is 1.35 bits per heavy atom. The van der Waals surface area contributed by atoms with Crippen molar-refractivity contribution in [2.75, 3.05) is 26.2 Å². The molecule has 0 spiro atoms. The molecule has 23 heavy (non-hydrogen) atoms. The van der Waals surface area contributed by atoms with Crippen LogP contribution in [0, 0.1) is 5.82 Å². The predicted molar refractivity (Wildman–Crippen MR) is 86.3 cm³/mol. The zero-order chi connectivity index (χ0) is 16.1. The third-order valence-electron chi connectivity index (χ3n) is 3.97. The first-order valence-corrected chi connectivity index (χ1v) is 7.90. The van der Waals surface area contributed by atoms with Crippen molar-refractivity contribution in [2.45, 2.75) is 19.6 Å². The van der Waals surface area contributed by atoms with Gasteiger partial charge in [0.1, 0.15) is 18.2 Å². The van der Waals surface area contributed by atoms with Crippen LogP contribution in [-0.4, -0.2) is 45.9 Å². The van der Waals surface area contributed by atoms with Gasteiger partial charge in [-0.1, -0.05) is 24.3 Å². The molecule has 6 heteroatoms. The number of nitrogens with zero attached hydrogens (tertiary/aromatic N) is 4. The van der Waals surface area contributed by atoms with Crippen molar-refractivity contribution in [2.24, 2.45) is 0 Å². The Morgan fingerprint density at radius 3 is 2.96 bits per heavy atom. The van der Waals surface area contributed by atoms with Crippen molar-refractivity contribution in [3.8, 4) is 0 Å². The summed E-state index contributed by atoms with van der Waals surface area (Å²) in [4.78, 5) is 2.32. The fourth-order valence-electron chi connectivity index (χ4n) is 2.69. The number of benzene rings is 1. The zero-order valence-corrected chi connectivity index (χ0v) is 13.2. The molecule has 1 atom stereocenters. The molecule has 122 valence electrons. The standard InChI is InChI=1S/C17H21FN4O/c1-2-22-13-19-20-17(22)16-12-21(10-11-23-16)9-3-4-14-5-7-15(18)8-6-14/h3-8,13,16H,2,9-12H2,1H3/b4-3+. The molecule has 1 aliphatic heterocycles. The van der Waals surface area contributed by atoms with Gasteiger partial charge in [0, 0.05) is 26.2 Å². The van der Waals surface area contributed by atoms with Crippen LogP contribution >= 0.6 is 0 Å². The molecule has 0 saturated carbocycles. The summed E-state index contributed by atoms with van der Waals surface area (Å²) in [5, 5.41) is 8.16. The third kappa shape index (κ3) is 4.03. The van der Waals surface area contributed by atoms with E-state index in [4.69, 9.17) is 4.74 Å². The van der Waals surface area contributed by atoms with Crippen LogP contribution in [0.4, 0.5) is 4.39 Å². The fourth-order valence-corrected chi connectivity index (χ4v) is 2.69. The van der Waals surface area contributed by atoms with Gasteiger partial charge in [-0.05, 0) is 24.6 Å². The zero-order valence-electron chi connectivity index (χ0n) is 13.2. The monoisotopic (exact) mass is 316 g/mol.